The zero-order valence-corrected chi connectivity index (χ0v) is 19.4. The van der Waals surface area contributed by atoms with Crippen LogP contribution in [0.3, 0.4) is 0 Å². The molecule has 2 aromatic rings. The van der Waals surface area contributed by atoms with Gasteiger partial charge in [-0.15, -0.1) is 11.3 Å². The van der Waals surface area contributed by atoms with Crippen LogP contribution in [0.5, 0.6) is 5.75 Å². The van der Waals surface area contributed by atoms with Crippen LogP contribution < -0.4 is 10.1 Å². The molecule has 3 heterocycles. The lowest BCUT2D eigenvalue weighted by atomic mass is 9.96. The first-order valence-electron chi connectivity index (χ1n) is 10.5. The van der Waals surface area contributed by atoms with Crippen molar-refractivity contribution in [2.75, 3.05) is 32.1 Å². The summed E-state index contributed by atoms with van der Waals surface area (Å²) in [6, 6.07) is 5.79. The van der Waals surface area contributed by atoms with Gasteiger partial charge in [-0.2, -0.15) is 4.31 Å². The summed E-state index contributed by atoms with van der Waals surface area (Å²) in [5.74, 6) is 0.0199. The highest BCUT2D eigenvalue weighted by Gasteiger charge is 2.39. The quantitative estimate of drug-likeness (QED) is 0.682. The molecule has 2 fully saturated rings. The second kappa shape index (κ2) is 9.55. The van der Waals surface area contributed by atoms with Gasteiger partial charge in [0.2, 0.25) is 21.8 Å². The second-order valence-electron chi connectivity index (χ2n) is 7.87. The van der Waals surface area contributed by atoms with Crippen molar-refractivity contribution in [1.82, 2.24) is 14.2 Å². The smallest absolute Gasteiger partial charge is 0.248 e. The average molecular weight is 479 g/mol. The topological polar surface area (TPSA) is 109 Å². The summed E-state index contributed by atoms with van der Waals surface area (Å²) >= 11 is 1.33. The van der Waals surface area contributed by atoms with E-state index in [-0.39, 0.29) is 35.7 Å². The van der Waals surface area contributed by atoms with Crippen molar-refractivity contribution in [3.8, 4) is 5.75 Å². The van der Waals surface area contributed by atoms with E-state index in [1.807, 2.05) is 0 Å². The van der Waals surface area contributed by atoms with E-state index < -0.39 is 16.1 Å². The Morgan fingerprint density at radius 3 is 2.47 bits per heavy atom. The van der Waals surface area contributed by atoms with Crippen molar-refractivity contribution in [2.24, 2.45) is 5.92 Å². The van der Waals surface area contributed by atoms with Gasteiger partial charge >= 0.3 is 0 Å². The number of nitrogens with zero attached hydrogens (tertiary/aromatic N) is 3. The van der Waals surface area contributed by atoms with E-state index in [1.165, 1.54) is 34.9 Å². The zero-order valence-electron chi connectivity index (χ0n) is 17.8. The van der Waals surface area contributed by atoms with Crippen molar-refractivity contribution in [2.45, 2.75) is 36.6 Å². The Bertz CT molecular complexity index is 1050. The maximum Gasteiger partial charge on any atom is 0.248 e. The van der Waals surface area contributed by atoms with E-state index in [1.54, 1.807) is 28.6 Å². The molecule has 1 atom stereocenters. The zero-order chi connectivity index (χ0) is 22.7. The minimum Gasteiger partial charge on any atom is -0.497 e. The third kappa shape index (κ3) is 4.64. The number of nitrogens with one attached hydrogen (secondary N) is 1. The number of piperidine rings is 1. The molecule has 2 aliphatic heterocycles. The van der Waals surface area contributed by atoms with Crippen LogP contribution in [0.4, 0.5) is 5.13 Å². The van der Waals surface area contributed by atoms with E-state index >= 15 is 0 Å². The van der Waals surface area contributed by atoms with Gasteiger partial charge in [0, 0.05) is 37.1 Å². The molecule has 32 heavy (non-hydrogen) atoms. The molecule has 0 aliphatic carbocycles. The van der Waals surface area contributed by atoms with Gasteiger partial charge in [0.15, 0.2) is 5.13 Å². The molecule has 2 amide bonds. The summed E-state index contributed by atoms with van der Waals surface area (Å²) in [4.78, 5) is 31.8. The Labute approximate surface area is 191 Å². The minimum absolute atomic E-state index is 0.0664. The fraction of sp³-hybridized carbons (Fsp3) is 0.476. The molecule has 0 spiro atoms. The third-order valence-corrected chi connectivity index (χ3v) is 8.60. The highest BCUT2D eigenvalue weighted by atomic mass is 32.2. The Balaban J connectivity index is 1.36. The van der Waals surface area contributed by atoms with Crippen molar-refractivity contribution < 1.29 is 22.7 Å². The van der Waals surface area contributed by atoms with E-state index in [4.69, 9.17) is 4.74 Å². The Hall–Kier alpha value is -2.50. The maximum atomic E-state index is 13.2. The number of carbonyl (C=O) groups is 2. The molecule has 1 aromatic heterocycles. The van der Waals surface area contributed by atoms with E-state index in [0.717, 1.165) is 6.42 Å². The lowest BCUT2D eigenvalue weighted by molar-refractivity contribution is -0.141. The standard InChI is InChI=1S/C21H26N4O5S2/c1-30-16-4-6-17(7-5-16)32(28,29)24-12-8-15(9-13-24)20(27)25-11-2-3-18(25)19(26)23-21-22-10-14-31-21/h4-7,10,14-15,18H,2-3,8-9,11-13H2,1H3,(H,22,23,26). The molecule has 4 rings (SSSR count). The maximum absolute atomic E-state index is 13.2. The van der Waals surface area contributed by atoms with Gasteiger partial charge in [-0.3, -0.25) is 9.59 Å². The number of amides is 2. The van der Waals surface area contributed by atoms with Gasteiger partial charge < -0.3 is 15.0 Å². The lowest BCUT2D eigenvalue weighted by Gasteiger charge is -2.34. The molecule has 9 nitrogen and oxygen atoms in total. The normalized spacial score (nSPS) is 20.3. The van der Waals surface area contributed by atoms with Crippen LogP contribution >= 0.6 is 11.3 Å². The molecule has 0 saturated carbocycles. The fourth-order valence-corrected chi connectivity index (χ4v) is 6.25. The van der Waals surface area contributed by atoms with Crippen LogP contribution in [0, 0.1) is 5.92 Å². The Morgan fingerprint density at radius 2 is 1.84 bits per heavy atom. The highest BCUT2D eigenvalue weighted by molar-refractivity contribution is 7.89. The largest absolute Gasteiger partial charge is 0.497 e. The van der Waals surface area contributed by atoms with Crippen LogP contribution in [0.1, 0.15) is 25.7 Å². The number of aromatic nitrogens is 1. The monoisotopic (exact) mass is 478 g/mol. The number of thiazole rings is 1. The second-order valence-corrected chi connectivity index (χ2v) is 10.7. The number of hydrogen-bond acceptors (Lipinski definition) is 7. The van der Waals surface area contributed by atoms with Crippen molar-refractivity contribution >= 4 is 38.3 Å². The van der Waals surface area contributed by atoms with Crippen LogP contribution in [-0.4, -0.2) is 67.2 Å². The molecule has 1 unspecified atom stereocenters. The number of rotatable bonds is 6. The summed E-state index contributed by atoms with van der Waals surface area (Å²) in [5.41, 5.74) is 0. The molecule has 0 bridgehead atoms. The minimum atomic E-state index is -3.63. The molecular weight excluding hydrogens is 452 g/mol. The number of sulfonamides is 1. The SMILES string of the molecule is COc1ccc(S(=O)(=O)N2CCC(C(=O)N3CCCC3C(=O)Nc3nccs3)CC2)cc1. The van der Waals surface area contributed by atoms with Crippen molar-refractivity contribution in [3.63, 3.8) is 0 Å². The van der Waals surface area contributed by atoms with Gasteiger partial charge in [0.05, 0.1) is 12.0 Å². The number of likely N-dealkylation sites (tertiary alicyclic amines) is 1. The van der Waals surface area contributed by atoms with E-state index in [2.05, 4.69) is 10.3 Å². The predicted molar refractivity (Wildman–Crippen MR) is 120 cm³/mol. The first kappa shape index (κ1) is 22.7. The molecule has 0 radical (unpaired) electrons. The number of anilines is 1. The number of carbonyl (C=O) groups excluding carboxylic acids is 2. The number of benzene rings is 1. The van der Waals surface area contributed by atoms with Gasteiger partial charge in [-0.05, 0) is 49.9 Å². The summed E-state index contributed by atoms with van der Waals surface area (Å²) in [6.45, 7) is 1.09. The Morgan fingerprint density at radius 1 is 1.12 bits per heavy atom. The molecule has 2 saturated heterocycles. The van der Waals surface area contributed by atoms with Crippen LogP contribution in [0.15, 0.2) is 40.7 Å². The number of hydrogen-bond donors (Lipinski definition) is 1. The summed E-state index contributed by atoms with van der Waals surface area (Å²) in [7, 11) is -2.10. The first-order chi connectivity index (χ1) is 15.4. The van der Waals surface area contributed by atoms with Gasteiger partial charge in [0.25, 0.3) is 0 Å². The Kier molecular flexibility index (Phi) is 6.77. The molecule has 172 valence electrons. The first-order valence-corrected chi connectivity index (χ1v) is 12.9. The molecular formula is C21H26N4O5S2. The summed E-state index contributed by atoms with van der Waals surface area (Å²) in [5, 5.41) is 5.08. The fourth-order valence-electron chi connectivity index (χ4n) is 4.25. The molecule has 1 aromatic carbocycles. The number of methoxy groups -OCH3 is 1. The summed E-state index contributed by atoms with van der Waals surface area (Å²) in [6.07, 6.45) is 3.88. The van der Waals surface area contributed by atoms with E-state index in [0.29, 0.717) is 36.7 Å². The van der Waals surface area contributed by atoms with Crippen LogP contribution in [-0.2, 0) is 19.6 Å². The van der Waals surface area contributed by atoms with Gasteiger partial charge in [-0.25, -0.2) is 13.4 Å². The van der Waals surface area contributed by atoms with Crippen LogP contribution in [0.2, 0.25) is 0 Å². The van der Waals surface area contributed by atoms with Gasteiger partial charge in [0.1, 0.15) is 11.8 Å². The average Bonchev–Trinajstić information content (AvgIpc) is 3.51. The molecule has 11 heteroatoms. The number of ether oxygens (including phenoxy) is 1. The molecule has 1 N–H and O–H groups in total. The van der Waals surface area contributed by atoms with Crippen molar-refractivity contribution in [3.05, 3.63) is 35.8 Å². The van der Waals surface area contributed by atoms with E-state index in [9.17, 15) is 18.0 Å². The summed E-state index contributed by atoms with van der Waals surface area (Å²) < 4.78 is 32.4. The van der Waals surface area contributed by atoms with Crippen LogP contribution in [0.25, 0.3) is 0 Å². The van der Waals surface area contributed by atoms with Crippen molar-refractivity contribution in [1.29, 1.82) is 0 Å². The third-order valence-electron chi connectivity index (χ3n) is 6.00. The highest BCUT2D eigenvalue weighted by Crippen LogP contribution is 2.29. The molecule has 2 aliphatic rings. The predicted octanol–water partition coefficient (Wildman–Crippen LogP) is 2.18. The lowest BCUT2D eigenvalue weighted by Crippen LogP contribution is -2.48. The van der Waals surface area contributed by atoms with Gasteiger partial charge in [-0.1, -0.05) is 0 Å².